The Morgan fingerprint density at radius 2 is 1.90 bits per heavy atom. The largest absolute Gasteiger partial charge is 0.493 e. The van der Waals surface area contributed by atoms with Crippen LogP contribution in [0.3, 0.4) is 0 Å². The Labute approximate surface area is 129 Å². The lowest BCUT2D eigenvalue weighted by Crippen LogP contribution is -2.01. The summed E-state index contributed by atoms with van der Waals surface area (Å²) in [5.74, 6) is 7.43. The van der Waals surface area contributed by atoms with Gasteiger partial charge in [-0.1, -0.05) is 23.6 Å². The average molecular weight is 299 g/mol. The van der Waals surface area contributed by atoms with E-state index in [0.717, 1.165) is 27.8 Å². The van der Waals surface area contributed by atoms with Gasteiger partial charge in [0, 0.05) is 23.7 Å². The Balaban J connectivity index is 1.74. The van der Waals surface area contributed by atoms with Crippen molar-refractivity contribution in [3.05, 3.63) is 47.8 Å². The number of ether oxygens (including phenoxy) is 1. The molecule has 1 aromatic heterocycles. The molecule has 5 heteroatoms. The normalized spacial score (nSPS) is 9.81. The van der Waals surface area contributed by atoms with Crippen molar-refractivity contribution in [3.8, 4) is 17.6 Å². The zero-order chi connectivity index (χ0) is 14.9. The average Bonchev–Trinajstić information content (AvgIpc) is 2.52. The molecule has 0 aliphatic heterocycles. The standard InChI is InChI=1S/C16H17N3OS/c1-13-11-18-16(19-12-13)21-10-9-20-15-6-4-14(5-7-15)3-2-8-17/h4-7,11-12H,8-10,17H2,1H3. The Bertz CT molecular complexity index is 615. The summed E-state index contributed by atoms with van der Waals surface area (Å²) in [6.45, 7) is 2.95. The molecule has 0 amide bonds. The van der Waals surface area contributed by atoms with E-state index in [4.69, 9.17) is 10.5 Å². The minimum atomic E-state index is 0.372. The molecule has 0 aliphatic carbocycles. The van der Waals surface area contributed by atoms with Crippen LogP contribution in [0.15, 0.2) is 41.8 Å². The Hall–Kier alpha value is -2.03. The predicted molar refractivity (Wildman–Crippen MR) is 85.4 cm³/mol. The molecular weight excluding hydrogens is 282 g/mol. The fraction of sp³-hybridized carbons (Fsp3) is 0.250. The quantitative estimate of drug-likeness (QED) is 0.397. The van der Waals surface area contributed by atoms with E-state index >= 15 is 0 Å². The molecule has 0 atom stereocenters. The van der Waals surface area contributed by atoms with Gasteiger partial charge in [0.05, 0.1) is 13.2 Å². The lowest BCUT2D eigenvalue weighted by atomic mass is 10.2. The van der Waals surface area contributed by atoms with Crippen LogP contribution in [-0.4, -0.2) is 28.9 Å². The van der Waals surface area contributed by atoms with Crippen LogP contribution in [0.4, 0.5) is 0 Å². The lowest BCUT2D eigenvalue weighted by molar-refractivity contribution is 0.344. The molecule has 1 heterocycles. The summed E-state index contributed by atoms with van der Waals surface area (Å²) in [6, 6.07) is 7.67. The Kier molecular flexibility index (Phi) is 6.07. The van der Waals surface area contributed by atoms with Crippen molar-refractivity contribution in [2.75, 3.05) is 18.9 Å². The molecule has 0 radical (unpaired) electrons. The van der Waals surface area contributed by atoms with Crippen molar-refractivity contribution < 1.29 is 4.74 Å². The van der Waals surface area contributed by atoms with Crippen molar-refractivity contribution in [2.45, 2.75) is 12.1 Å². The zero-order valence-corrected chi connectivity index (χ0v) is 12.7. The maximum atomic E-state index is 5.66. The summed E-state index contributed by atoms with van der Waals surface area (Å²) in [5.41, 5.74) is 7.34. The van der Waals surface area contributed by atoms with Crippen LogP contribution in [0, 0.1) is 18.8 Å². The first-order chi connectivity index (χ1) is 10.3. The fourth-order valence-electron chi connectivity index (χ4n) is 1.54. The minimum absolute atomic E-state index is 0.372. The Morgan fingerprint density at radius 3 is 2.57 bits per heavy atom. The van der Waals surface area contributed by atoms with E-state index in [1.807, 2.05) is 43.6 Å². The molecule has 2 rings (SSSR count). The van der Waals surface area contributed by atoms with Crippen LogP contribution in [0.5, 0.6) is 5.75 Å². The monoisotopic (exact) mass is 299 g/mol. The van der Waals surface area contributed by atoms with Gasteiger partial charge in [-0.2, -0.15) is 0 Å². The van der Waals surface area contributed by atoms with Gasteiger partial charge in [-0.05, 0) is 36.8 Å². The van der Waals surface area contributed by atoms with E-state index in [1.54, 1.807) is 11.8 Å². The first-order valence-corrected chi connectivity index (χ1v) is 7.60. The van der Waals surface area contributed by atoms with Crippen molar-refractivity contribution in [1.82, 2.24) is 9.97 Å². The van der Waals surface area contributed by atoms with Gasteiger partial charge in [-0.25, -0.2) is 9.97 Å². The third-order valence-corrected chi connectivity index (χ3v) is 3.37. The molecule has 0 fully saturated rings. The number of benzene rings is 1. The highest BCUT2D eigenvalue weighted by Crippen LogP contribution is 2.14. The van der Waals surface area contributed by atoms with Crippen LogP contribution in [0.2, 0.25) is 0 Å². The van der Waals surface area contributed by atoms with Gasteiger partial charge >= 0.3 is 0 Å². The summed E-state index contributed by atoms with van der Waals surface area (Å²) in [5, 5.41) is 0.775. The van der Waals surface area contributed by atoms with E-state index in [-0.39, 0.29) is 0 Å². The topological polar surface area (TPSA) is 61.0 Å². The molecule has 1 aromatic carbocycles. The molecule has 2 N–H and O–H groups in total. The first-order valence-electron chi connectivity index (χ1n) is 6.61. The third-order valence-electron chi connectivity index (χ3n) is 2.53. The summed E-state index contributed by atoms with van der Waals surface area (Å²) < 4.78 is 5.66. The van der Waals surface area contributed by atoms with Crippen LogP contribution in [0.1, 0.15) is 11.1 Å². The van der Waals surface area contributed by atoms with E-state index in [2.05, 4.69) is 21.8 Å². The molecule has 21 heavy (non-hydrogen) atoms. The van der Waals surface area contributed by atoms with Gasteiger partial charge in [-0.3, -0.25) is 0 Å². The summed E-state index contributed by atoms with van der Waals surface area (Å²) in [6.07, 6.45) is 3.63. The molecule has 0 saturated carbocycles. The number of thioether (sulfide) groups is 1. The molecular formula is C16H17N3OS. The van der Waals surface area contributed by atoms with Gasteiger partial charge in [0.15, 0.2) is 5.16 Å². The zero-order valence-electron chi connectivity index (χ0n) is 11.9. The maximum Gasteiger partial charge on any atom is 0.187 e. The second kappa shape index (κ2) is 8.30. The number of aryl methyl sites for hydroxylation is 1. The van der Waals surface area contributed by atoms with Crippen molar-refractivity contribution in [3.63, 3.8) is 0 Å². The highest BCUT2D eigenvalue weighted by atomic mass is 32.2. The van der Waals surface area contributed by atoms with E-state index in [9.17, 15) is 0 Å². The molecule has 0 saturated heterocycles. The van der Waals surface area contributed by atoms with E-state index in [1.165, 1.54) is 0 Å². The first kappa shape index (κ1) is 15.4. The number of nitrogens with zero attached hydrogens (tertiary/aromatic N) is 2. The SMILES string of the molecule is Cc1cnc(SCCOc2ccc(C#CCN)cc2)nc1. The highest BCUT2D eigenvalue weighted by Gasteiger charge is 1.98. The molecule has 0 spiro atoms. The molecule has 4 nitrogen and oxygen atoms in total. The van der Waals surface area contributed by atoms with Crippen LogP contribution in [-0.2, 0) is 0 Å². The number of hydrogen-bond donors (Lipinski definition) is 1. The summed E-state index contributed by atoms with van der Waals surface area (Å²) >= 11 is 1.58. The number of rotatable bonds is 5. The second-order valence-electron chi connectivity index (χ2n) is 4.27. The molecule has 0 unspecified atom stereocenters. The number of nitrogens with two attached hydrogens (primary N) is 1. The van der Waals surface area contributed by atoms with Crippen LogP contribution in [0.25, 0.3) is 0 Å². The highest BCUT2D eigenvalue weighted by molar-refractivity contribution is 7.99. The van der Waals surface area contributed by atoms with Gasteiger partial charge in [0.1, 0.15) is 5.75 Å². The number of hydrogen-bond acceptors (Lipinski definition) is 5. The van der Waals surface area contributed by atoms with Gasteiger partial charge in [0.2, 0.25) is 0 Å². The summed E-state index contributed by atoms with van der Waals surface area (Å²) in [7, 11) is 0. The van der Waals surface area contributed by atoms with Crippen molar-refractivity contribution >= 4 is 11.8 Å². The van der Waals surface area contributed by atoms with Gasteiger partial charge in [-0.15, -0.1) is 0 Å². The number of aromatic nitrogens is 2. The van der Waals surface area contributed by atoms with Crippen LogP contribution < -0.4 is 10.5 Å². The lowest BCUT2D eigenvalue weighted by Gasteiger charge is -2.05. The second-order valence-corrected chi connectivity index (χ2v) is 5.33. The minimum Gasteiger partial charge on any atom is -0.493 e. The molecule has 108 valence electrons. The van der Waals surface area contributed by atoms with E-state index < -0.39 is 0 Å². The maximum absolute atomic E-state index is 5.66. The fourth-order valence-corrected chi connectivity index (χ4v) is 2.14. The summed E-state index contributed by atoms with van der Waals surface area (Å²) in [4.78, 5) is 8.47. The third kappa shape index (κ3) is 5.46. The van der Waals surface area contributed by atoms with E-state index in [0.29, 0.717) is 13.2 Å². The van der Waals surface area contributed by atoms with Crippen LogP contribution >= 0.6 is 11.8 Å². The molecule has 0 bridgehead atoms. The van der Waals surface area contributed by atoms with Gasteiger partial charge in [0.25, 0.3) is 0 Å². The van der Waals surface area contributed by atoms with Crippen molar-refractivity contribution in [1.29, 1.82) is 0 Å². The smallest absolute Gasteiger partial charge is 0.187 e. The van der Waals surface area contributed by atoms with Gasteiger partial charge < -0.3 is 10.5 Å². The Morgan fingerprint density at radius 1 is 1.19 bits per heavy atom. The molecule has 2 aromatic rings. The molecule has 0 aliphatic rings. The predicted octanol–water partition coefficient (Wildman–Crippen LogP) is 2.27. The van der Waals surface area contributed by atoms with Crippen molar-refractivity contribution in [2.24, 2.45) is 5.73 Å².